The first kappa shape index (κ1) is 24.6. The molecule has 3 heteroatoms. The molecule has 0 bridgehead atoms. The fourth-order valence-corrected chi connectivity index (χ4v) is 5.23. The molecule has 0 aliphatic carbocycles. The van der Waals surface area contributed by atoms with Crippen molar-refractivity contribution in [3.63, 3.8) is 0 Å². The van der Waals surface area contributed by atoms with Crippen LogP contribution in [0.3, 0.4) is 0 Å². The van der Waals surface area contributed by atoms with E-state index >= 15 is 0 Å². The topological polar surface area (TPSA) is 25.8 Å². The summed E-state index contributed by atoms with van der Waals surface area (Å²) in [6, 6.07) is 46.4. The van der Waals surface area contributed by atoms with Crippen LogP contribution in [0, 0.1) is 50.2 Å². The van der Waals surface area contributed by atoms with Gasteiger partial charge in [0.2, 0.25) is 0 Å². The van der Waals surface area contributed by atoms with Crippen molar-refractivity contribution in [2.75, 3.05) is 0 Å². The molecule has 38 heavy (non-hydrogen) atoms. The molecular weight excluding hydrogens is 686 g/mol. The normalized spacial score (nSPS) is 11.1. The van der Waals surface area contributed by atoms with Gasteiger partial charge < -0.3 is 0 Å². The molecule has 176 valence electrons. The van der Waals surface area contributed by atoms with Crippen molar-refractivity contribution in [3.05, 3.63) is 133 Å². The second kappa shape index (κ2) is 10.2. The quantitative estimate of drug-likeness (QED) is 0.136. The Kier molecular flexibility index (Phi) is 6.58. The molecule has 1 aromatic heterocycles. The summed E-state index contributed by atoms with van der Waals surface area (Å²) in [7, 11) is 0. The summed E-state index contributed by atoms with van der Waals surface area (Å²) in [6.07, 6.45) is 0. The Morgan fingerprint density at radius 3 is 1.82 bits per heavy atom. The molecule has 1 heterocycles. The van der Waals surface area contributed by atoms with Gasteiger partial charge in [0, 0.05) is 16.3 Å². The fourth-order valence-electron chi connectivity index (χ4n) is 5.23. The van der Waals surface area contributed by atoms with Crippen LogP contribution in [0.25, 0.3) is 66.1 Å². The van der Waals surface area contributed by atoms with E-state index in [1.807, 2.05) is 24.3 Å². The molecule has 6 aromatic carbocycles. The van der Waals surface area contributed by atoms with E-state index < -0.39 is 0 Å². The van der Waals surface area contributed by atoms with Gasteiger partial charge in [-0.2, -0.15) is 42.5 Å². The van der Waals surface area contributed by atoms with E-state index in [1.165, 1.54) is 10.8 Å². The number of nitrogens with zero attached hydrogens (tertiary/aromatic N) is 2. The van der Waals surface area contributed by atoms with E-state index in [2.05, 4.69) is 110 Å². The number of hydrogen-bond donors (Lipinski definition) is 0. The van der Waals surface area contributed by atoms with E-state index in [1.54, 1.807) is 0 Å². The average Bonchev–Trinajstić information content (AvgIpc) is 2.98. The Labute approximate surface area is 245 Å². The molecule has 0 fully saturated rings. The summed E-state index contributed by atoms with van der Waals surface area (Å²) in [5.74, 6) is 0. The van der Waals surface area contributed by atoms with Crippen molar-refractivity contribution in [3.8, 4) is 33.5 Å². The minimum Gasteiger partial charge on any atom is -0.249 e. The molecule has 0 aliphatic heterocycles. The van der Waals surface area contributed by atoms with Crippen molar-refractivity contribution in [1.82, 2.24) is 9.97 Å². The number of aryl methyl sites for hydroxylation is 1. The molecule has 0 atom stereocenters. The standard InChI is InChI=1S/C35H22N2.U/c1-23-33(37-35-32-20-8-6-18-30(32)29-17-5-7-19-31(29)34(35)36-23)28-16-10-15-27(22-28)26-14-9-13-25(21-26)24-11-3-2-4-12-24;/h2-11,14-22H,1H3;/q-2;+2. The number of hydrogen-bond acceptors (Lipinski definition) is 2. The van der Waals surface area contributed by atoms with E-state index in [0.29, 0.717) is 0 Å². The van der Waals surface area contributed by atoms with Gasteiger partial charge in [0.05, 0.1) is 22.4 Å². The minimum absolute atomic E-state index is 0. The fraction of sp³-hybridized carbons (Fsp3) is 0.0286. The molecule has 7 aromatic rings. The number of rotatable bonds is 3. The maximum absolute atomic E-state index is 5.25. The van der Waals surface area contributed by atoms with Gasteiger partial charge in [0.1, 0.15) is 0 Å². The molecule has 0 spiro atoms. The zero-order valence-electron chi connectivity index (χ0n) is 20.9. The van der Waals surface area contributed by atoms with E-state index in [0.717, 1.165) is 61.0 Å². The van der Waals surface area contributed by atoms with Gasteiger partial charge in [-0.05, 0) is 29.3 Å². The third-order valence-corrected chi connectivity index (χ3v) is 6.99. The number of aromatic nitrogens is 2. The zero-order valence-corrected chi connectivity index (χ0v) is 25.0. The van der Waals surface area contributed by atoms with E-state index in [4.69, 9.17) is 9.97 Å². The van der Waals surface area contributed by atoms with Crippen LogP contribution in [-0.4, -0.2) is 9.97 Å². The van der Waals surface area contributed by atoms with Crippen molar-refractivity contribution in [2.45, 2.75) is 6.92 Å². The second-order valence-corrected chi connectivity index (χ2v) is 9.29. The molecular formula is C35H22N2U. The predicted octanol–water partition coefficient (Wildman–Crippen LogP) is 8.85. The largest absolute Gasteiger partial charge is 2.00 e. The van der Waals surface area contributed by atoms with Crippen molar-refractivity contribution >= 4 is 32.6 Å². The van der Waals surface area contributed by atoms with E-state index in [9.17, 15) is 0 Å². The molecule has 7 rings (SSSR count). The van der Waals surface area contributed by atoms with Crippen LogP contribution in [0.4, 0.5) is 0 Å². The van der Waals surface area contributed by atoms with Gasteiger partial charge >= 0.3 is 31.1 Å². The number of benzene rings is 6. The van der Waals surface area contributed by atoms with Crippen molar-refractivity contribution in [1.29, 1.82) is 0 Å². The Hall–Kier alpha value is -3.77. The molecule has 0 unspecified atom stereocenters. The maximum Gasteiger partial charge on any atom is 2.00 e. The first-order valence-corrected chi connectivity index (χ1v) is 12.4. The van der Waals surface area contributed by atoms with Gasteiger partial charge in [-0.25, -0.2) is 21.1 Å². The smallest absolute Gasteiger partial charge is 0.249 e. The summed E-state index contributed by atoms with van der Waals surface area (Å²) in [5.41, 5.74) is 9.12. The van der Waals surface area contributed by atoms with Crippen LogP contribution >= 0.6 is 0 Å². The summed E-state index contributed by atoms with van der Waals surface area (Å²) in [5, 5.41) is 4.68. The first-order valence-electron chi connectivity index (χ1n) is 12.4. The molecule has 2 nitrogen and oxygen atoms in total. The summed E-state index contributed by atoms with van der Waals surface area (Å²) < 4.78 is 0. The molecule has 0 aliphatic rings. The Morgan fingerprint density at radius 2 is 1.11 bits per heavy atom. The number of fused-ring (bicyclic) bond motifs is 6. The summed E-state index contributed by atoms with van der Waals surface area (Å²) in [4.78, 5) is 10.4. The molecule has 0 radical (unpaired) electrons. The minimum atomic E-state index is 0. The maximum atomic E-state index is 5.25. The van der Waals surface area contributed by atoms with Gasteiger partial charge in [-0.3, -0.25) is 0 Å². The Morgan fingerprint density at radius 1 is 0.500 bits per heavy atom. The van der Waals surface area contributed by atoms with Gasteiger partial charge in [-0.1, -0.05) is 66.7 Å². The predicted molar refractivity (Wildman–Crippen MR) is 153 cm³/mol. The third-order valence-electron chi connectivity index (χ3n) is 6.99. The van der Waals surface area contributed by atoms with Crippen LogP contribution in [-0.2, 0) is 0 Å². The molecule has 0 saturated heterocycles. The summed E-state index contributed by atoms with van der Waals surface area (Å²) in [6.45, 7) is 2.05. The average molecular weight is 709 g/mol. The SMILES string of the molecule is Cc1nc2c3ccccc3c3ccccc3c2nc1-c1cccc(-c2cc[c-]c(-c3[c-]cccc3)c2)c1.[U+2]. The second-order valence-electron chi connectivity index (χ2n) is 9.29. The van der Waals surface area contributed by atoms with Gasteiger partial charge in [-0.15, -0.1) is 17.7 Å². The first-order chi connectivity index (χ1) is 18.3. The third kappa shape index (κ3) is 4.23. The van der Waals surface area contributed by atoms with E-state index in [-0.39, 0.29) is 31.1 Å². The molecule has 0 saturated carbocycles. The van der Waals surface area contributed by atoms with Gasteiger partial charge in [0.15, 0.2) is 0 Å². The Bertz CT molecular complexity index is 1940. The van der Waals surface area contributed by atoms with Crippen LogP contribution in [0.15, 0.2) is 115 Å². The van der Waals surface area contributed by atoms with Gasteiger partial charge in [0.25, 0.3) is 0 Å². The monoisotopic (exact) mass is 708 g/mol. The molecule has 0 amide bonds. The van der Waals surface area contributed by atoms with Crippen LogP contribution < -0.4 is 0 Å². The van der Waals surface area contributed by atoms with Crippen LogP contribution in [0.5, 0.6) is 0 Å². The van der Waals surface area contributed by atoms with Crippen molar-refractivity contribution in [2.24, 2.45) is 0 Å². The molecule has 0 N–H and O–H groups in total. The van der Waals surface area contributed by atoms with Crippen LogP contribution in [0.2, 0.25) is 0 Å². The zero-order chi connectivity index (χ0) is 24.8. The van der Waals surface area contributed by atoms with Crippen LogP contribution in [0.1, 0.15) is 5.69 Å². The Balaban J connectivity index is 0.00000264. The summed E-state index contributed by atoms with van der Waals surface area (Å²) >= 11 is 0. The van der Waals surface area contributed by atoms with Crippen molar-refractivity contribution < 1.29 is 31.1 Å².